The Kier molecular flexibility index (Phi) is 8.55. The quantitative estimate of drug-likeness (QED) is 0.724. The first kappa shape index (κ1) is 19.7. The van der Waals surface area contributed by atoms with E-state index >= 15 is 0 Å². The Balaban J connectivity index is 0.000000648. The Morgan fingerprint density at radius 1 is 0.792 bits per heavy atom. The molecule has 0 aliphatic rings. The topological polar surface area (TPSA) is 52.6 Å². The van der Waals surface area contributed by atoms with E-state index in [0.29, 0.717) is 5.39 Å². The molecule has 0 radical (unpaired) electrons. The lowest BCUT2D eigenvalue weighted by Gasteiger charge is -2.11. The van der Waals surface area contributed by atoms with Crippen molar-refractivity contribution >= 4 is 22.7 Å². The minimum absolute atomic E-state index is 0.240. The number of hydrogen-bond acceptors (Lipinski definition) is 4. The molecule has 4 nitrogen and oxygen atoms in total. The van der Waals surface area contributed by atoms with Crippen LogP contribution in [0.25, 0.3) is 10.8 Å². The zero-order valence-corrected chi connectivity index (χ0v) is 14.9. The zero-order valence-electron chi connectivity index (χ0n) is 14.9. The standard InChI is InChI=1S/C16H16O4.C4H10/c1-3-19-15(17)13-10-9-11-7-5-6-8-12(11)14(13)16(18)20-4-2;1-3-4-2/h5-10H,3-4H2,1-2H3;3-4H2,1-2H3. The van der Waals surface area contributed by atoms with Crippen LogP contribution in [0, 0.1) is 0 Å². The Bertz CT molecular complexity index is 674. The van der Waals surface area contributed by atoms with E-state index in [9.17, 15) is 9.59 Å². The zero-order chi connectivity index (χ0) is 17.9. The summed E-state index contributed by atoms with van der Waals surface area (Å²) < 4.78 is 10.1. The van der Waals surface area contributed by atoms with Gasteiger partial charge in [-0.15, -0.1) is 0 Å². The molecule has 130 valence electrons. The van der Waals surface area contributed by atoms with Crippen LogP contribution in [0.4, 0.5) is 0 Å². The van der Waals surface area contributed by atoms with Gasteiger partial charge in [-0.1, -0.05) is 57.0 Å². The number of carbonyl (C=O) groups excluding carboxylic acids is 2. The molecule has 0 N–H and O–H groups in total. The smallest absolute Gasteiger partial charge is 0.339 e. The van der Waals surface area contributed by atoms with E-state index in [1.165, 1.54) is 12.8 Å². The molecule has 0 unspecified atom stereocenters. The van der Waals surface area contributed by atoms with Gasteiger partial charge in [0.1, 0.15) is 0 Å². The van der Waals surface area contributed by atoms with Crippen LogP contribution in [-0.2, 0) is 9.47 Å². The fourth-order valence-electron chi connectivity index (χ4n) is 2.07. The van der Waals surface area contributed by atoms with Crippen LogP contribution in [-0.4, -0.2) is 25.2 Å². The molecule has 2 aromatic carbocycles. The van der Waals surface area contributed by atoms with E-state index in [2.05, 4.69) is 13.8 Å². The Labute approximate surface area is 143 Å². The number of fused-ring (bicyclic) bond motifs is 1. The van der Waals surface area contributed by atoms with Crippen molar-refractivity contribution in [3.8, 4) is 0 Å². The van der Waals surface area contributed by atoms with Crippen molar-refractivity contribution in [2.75, 3.05) is 13.2 Å². The molecular weight excluding hydrogens is 304 g/mol. The first-order valence-electron chi connectivity index (χ1n) is 8.46. The molecule has 4 heteroatoms. The molecule has 2 aromatic rings. The number of esters is 2. The molecule has 0 spiro atoms. The summed E-state index contributed by atoms with van der Waals surface area (Å²) in [7, 11) is 0. The maximum atomic E-state index is 12.2. The molecule has 0 aliphatic carbocycles. The minimum atomic E-state index is -0.513. The molecular formula is C20H26O4. The predicted molar refractivity (Wildman–Crippen MR) is 96.4 cm³/mol. The van der Waals surface area contributed by atoms with Crippen molar-refractivity contribution in [2.45, 2.75) is 40.5 Å². The molecule has 0 aromatic heterocycles. The third-order valence-electron chi connectivity index (χ3n) is 3.40. The SMILES string of the molecule is CCCC.CCOC(=O)c1ccc2ccccc2c1C(=O)OCC. The van der Waals surface area contributed by atoms with Crippen molar-refractivity contribution in [1.29, 1.82) is 0 Å². The molecule has 24 heavy (non-hydrogen) atoms. The highest BCUT2D eigenvalue weighted by Gasteiger charge is 2.21. The Hall–Kier alpha value is -2.36. The first-order valence-corrected chi connectivity index (χ1v) is 8.46. The summed E-state index contributed by atoms with van der Waals surface area (Å²) in [6, 6.07) is 10.8. The van der Waals surface area contributed by atoms with Crippen molar-refractivity contribution in [1.82, 2.24) is 0 Å². The summed E-state index contributed by atoms with van der Waals surface area (Å²) in [5, 5.41) is 1.57. The summed E-state index contributed by atoms with van der Waals surface area (Å²) in [6.07, 6.45) is 2.64. The number of carbonyl (C=O) groups is 2. The van der Waals surface area contributed by atoms with Gasteiger partial charge >= 0.3 is 11.9 Å². The lowest BCUT2D eigenvalue weighted by molar-refractivity contribution is 0.0481. The number of unbranched alkanes of at least 4 members (excludes halogenated alkanes) is 1. The second kappa shape index (κ2) is 10.4. The van der Waals surface area contributed by atoms with E-state index in [1.807, 2.05) is 18.2 Å². The van der Waals surface area contributed by atoms with E-state index in [4.69, 9.17) is 9.47 Å². The lowest BCUT2D eigenvalue weighted by atomic mass is 9.99. The molecule has 0 heterocycles. The first-order chi connectivity index (χ1) is 11.6. The van der Waals surface area contributed by atoms with Crippen molar-refractivity contribution in [2.24, 2.45) is 0 Å². The monoisotopic (exact) mass is 330 g/mol. The largest absolute Gasteiger partial charge is 0.462 e. The van der Waals surface area contributed by atoms with Crippen LogP contribution >= 0.6 is 0 Å². The number of hydrogen-bond donors (Lipinski definition) is 0. The second-order valence-corrected chi connectivity index (χ2v) is 5.15. The van der Waals surface area contributed by atoms with Gasteiger partial charge in [-0.25, -0.2) is 9.59 Å². The Morgan fingerprint density at radius 3 is 1.96 bits per heavy atom. The number of ether oxygens (including phenoxy) is 2. The molecule has 0 bridgehead atoms. The molecule has 0 atom stereocenters. The number of benzene rings is 2. The highest BCUT2D eigenvalue weighted by Crippen LogP contribution is 2.24. The van der Waals surface area contributed by atoms with Gasteiger partial charge in [-0.05, 0) is 30.7 Å². The summed E-state index contributed by atoms with van der Waals surface area (Å²) in [5.41, 5.74) is 0.507. The van der Waals surface area contributed by atoms with E-state index < -0.39 is 11.9 Å². The Morgan fingerprint density at radius 2 is 1.38 bits per heavy atom. The van der Waals surface area contributed by atoms with Gasteiger partial charge in [0, 0.05) is 0 Å². The van der Waals surface area contributed by atoms with Crippen molar-refractivity contribution < 1.29 is 19.1 Å². The highest BCUT2D eigenvalue weighted by atomic mass is 16.5. The summed E-state index contributed by atoms with van der Waals surface area (Å²) >= 11 is 0. The van der Waals surface area contributed by atoms with E-state index in [-0.39, 0.29) is 24.3 Å². The third kappa shape index (κ3) is 5.08. The maximum absolute atomic E-state index is 12.2. The number of rotatable bonds is 5. The molecule has 0 amide bonds. The van der Waals surface area contributed by atoms with Crippen molar-refractivity contribution in [3.05, 3.63) is 47.5 Å². The second-order valence-electron chi connectivity index (χ2n) is 5.15. The van der Waals surface area contributed by atoms with Crippen LogP contribution in [0.15, 0.2) is 36.4 Å². The van der Waals surface area contributed by atoms with E-state index in [1.54, 1.807) is 32.0 Å². The highest BCUT2D eigenvalue weighted by molar-refractivity contribution is 6.12. The minimum Gasteiger partial charge on any atom is -0.462 e. The predicted octanol–water partition coefficient (Wildman–Crippen LogP) is 5.00. The molecule has 2 rings (SSSR count). The van der Waals surface area contributed by atoms with Gasteiger partial charge in [0.15, 0.2) is 0 Å². The van der Waals surface area contributed by atoms with Gasteiger partial charge in [0.05, 0.1) is 24.3 Å². The average molecular weight is 330 g/mol. The van der Waals surface area contributed by atoms with Crippen LogP contribution in [0.5, 0.6) is 0 Å². The van der Waals surface area contributed by atoms with Crippen LogP contribution in [0.2, 0.25) is 0 Å². The van der Waals surface area contributed by atoms with E-state index in [0.717, 1.165) is 5.39 Å². The van der Waals surface area contributed by atoms with Crippen LogP contribution in [0.3, 0.4) is 0 Å². The fourth-order valence-corrected chi connectivity index (χ4v) is 2.07. The van der Waals surface area contributed by atoms with Gasteiger partial charge in [0.2, 0.25) is 0 Å². The van der Waals surface area contributed by atoms with Crippen LogP contribution in [0.1, 0.15) is 61.3 Å². The molecule has 0 saturated heterocycles. The van der Waals surface area contributed by atoms with Crippen LogP contribution < -0.4 is 0 Å². The third-order valence-corrected chi connectivity index (χ3v) is 3.40. The fraction of sp³-hybridized carbons (Fsp3) is 0.400. The molecule has 0 fully saturated rings. The van der Waals surface area contributed by atoms with Gasteiger partial charge in [-0.2, -0.15) is 0 Å². The normalized spacial score (nSPS) is 9.83. The maximum Gasteiger partial charge on any atom is 0.339 e. The summed E-state index contributed by atoms with van der Waals surface area (Å²) in [4.78, 5) is 24.1. The molecule has 0 aliphatic heterocycles. The lowest BCUT2D eigenvalue weighted by Crippen LogP contribution is -2.14. The molecule has 0 saturated carbocycles. The summed E-state index contributed by atoms with van der Waals surface area (Å²) in [5.74, 6) is -1.02. The van der Waals surface area contributed by atoms with Gasteiger partial charge in [-0.3, -0.25) is 0 Å². The van der Waals surface area contributed by atoms with Gasteiger partial charge in [0.25, 0.3) is 0 Å². The van der Waals surface area contributed by atoms with Gasteiger partial charge < -0.3 is 9.47 Å². The van der Waals surface area contributed by atoms with Crippen molar-refractivity contribution in [3.63, 3.8) is 0 Å². The summed E-state index contributed by atoms with van der Waals surface area (Å²) in [6.45, 7) is 8.33. The average Bonchev–Trinajstić information content (AvgIpc) is 2.61.